The van der Waals surface area contributed by atoms with Gasteiger partial charge in [-0.05, 0) is 29.5 Å². The molecule has 1 atom stereocenters. The van der Waals surface area contributed by atoms with Crippen molar-refractivity contribution >= 4 is 12.0 Å². The third-order valence-electron chi connectivity index (χ3n) is 3.42. The molecule has 0 bridgehead atoms. The lowest BCUT2D eigenvalue weighted by Crippen LogP contribution is -2.48. The van der Waals surface area contributed by atoms with Crippen LogP contribution in [-0.4, -0.2) is 34.9 Å². The number of aliphatic hydroxyl groups is 1. The normalized spacial score (nSPS) is 12.5. The molecule has 6 heteroatoms. The molecule has 1 unspecified atom stereocenters. The van der Waals surface area contributed by atoms with Crippen LogP contribution in [-0.2, 0) is 6.54 Å². The number of aliphatic hydroxyl groups excluding tert-OH is 1. The molecule has 0 aliphatic rings. The molecule has 0 radical (unpaired) electrons. The van der Waals surface area contributed by atoms with E-state index in [2.05, 4.69) is 10.6 Å². The van der Waals surface area contributed by atoms with Crippen molar-refractivity contribution in [3.63, 3.8) is 0 Å². The largest absolute Gasteiger partial charge is 0.478 e. The number of aromatic carboxylic acids is 1. The summed E-state index contributed by atoms with van der Waals surface area (Å²) in [5, 5.41) is 23.5. The number of nitrogens with one attached hydrogen (secondary N) is 2. The van der Waals surface area contributed by atoms with Gasteiger partial charge in [-0.3, -0.25) is 0 Å². The Kier molecular flexibility index (Phi) is 6.37. The first-order chi connectivity index (χ1) is 10.2. The van der Waals surface area contributed by atoms with Gasteiger partial charge in [-0.1, -0.05) is 32.9 Å². The highest BCUT2D eigenvalue weighted by molar-refractivity contribution is 5.87. The molecule has 2 amide bonds. The number of amides is 2. The van der Waals surface area contributed by atoms with Gasteiger partial charge in [-0.25, -0.2) is 9.59 Å². The van der Waals surface area contributed by atoms with E-state index >= 15 is 0 Å². The van der Waals surface area contributed by atoms with Gasteiger partial charge in [0.1, 0.15) is 0 Å². The van der Waals surface area contributed by atoms with Crippen LogP contribution in [0.2, 0.25) is 0 Å². The minimum Gasteiger partial charge on any atom is -0.478 e. The van der Waals surface area contributed by atoms with E-state index in [4.69, 9.17) is 10.2 Å². The molecule has 122 valence electrons. The third-order valence-corrected chi connectivity index (χ3v) is 3.42. The standard InChI is InChI=1S/C16H24N2O4/c1-16(2,3)13(8-9-19)18-15(22)17-10-11-4-6-12(7-5-11)14(20)21/h4-7,13,19H,8-10H2,1-3H3,(H,20,21)(H2,17,18,22). The van der Waals surface area contributed by atoms with Crippen molar-refractivity contribution in [2.45, 2.75) is 39.8 Å². The van der Waals surface area contributed by atoms with E-state index in [1.54, 1.807) is 12.1 Å². The molecule has 0 fully saturated rings. The highest BCUT2D eigenvalue weighted by Crippen LogP contribution is 2.21. The van der Waals surface area contributed by atoms with Crippen molar-refractivity contribution in [3.8, 4) is 0 Å². The molecule has 0 saturated carbocycles. The number of rotatable bonds is 6. The summed E-state index contributed by atoms with van der Waals surface area (Å²) < 4.78 is 0. The Morgan fingerprint density at radius 1 is 1.18 bits per heavy atom. The fourth-order valence-electron chi connectivity index (χ4n) is 2.01. The Balaban J connectivity index is 2.53. The summed E-state index contributed by atoms with van der Waals surface area (Å²) >= 11 is 0. The maximum atomic E-state index is 11.9. The molecule has 0 aromatic heterocycles. The van der Waals surface area contributed by atoms with Crippen LogP contribution in [0.25, 0.3) is 0 Å². The van der Waals surface area contributed by atoms with Crippen LogP contribution in [0.4, 0.5) is 4.79 Å². The van der Waals surface area contributed by atoms with Gasteiger partial charge in [0.25, 0.3) is 0 Å². The molecule has 0 heterocycles. The summed E-state index contributed by atoms with van der Waals surface area (Å²) in [5.41, 5.74) is 0.877. The molecule has 1 aromatic rings. The zero-order chi connectivity index (χ0) is 16.8. The van der Waals surface area contributed by atoms with E-state index in [9.17, 15) is 9.59 Å². The molecule has 22 heavy (non-hydrogen) atoms. The highest BCUT2D eigenvalue weighted by atomic mass is 16.4. The lowest BCUT2D eigenvalue weighted by Gasteiger charge is -2.31. The van der Waals surface area contributed by atoms with Gasteiger partial charge >= 0.3 is 12.0 Å². The van der Waals surface area contributed by atoms with Gasteiger partial charge in [0, 0.05) is 19.2 Å². The number of benzene rings is 1. The number of carboxylic acids is 1. The monoisotopic (exact) mass is 308 g/mol. The Labute approximate surface area is 130 Å². The van der Waals surface area contributed by atoms with Crippen LogP contribution >= 0.6 is 0 Å². The SMILES string of the molecule is CC(C)(C)C(CCO)NC(=O)NCc1ccc(C(=O)O)cc1. The fourth-order valence-corrected chi connectivity index (χ4v) is 2.01. The van der Waals surface area contributed by atoms with Crippen LogP contribution in [0.5, 0.6) is 0 Å². The van der Waals surface area contributed by atoms with Crippen LogP contribution in [0, 0.1) is 5.41 Å². The predicted octanol–water partition coefficient (Wildman–Crippen LogP) is 1.98. The van der Waals surface area contributed by atoms with Crippen molar-refractivity contribution in [3.05, 3.63) is 35.4 Å². The van der Waals surface area contributed by atoms with Gasteiger partial charge < -0.3 is 20.8 Å². The molecule has 1 aromatic carbocycles. The maximum Gasteiger partial charge on any atom is 0.335 e. The first kappa shape index (κ1) is 18.0. The first-order valence-electron chi connectivity index (χ1n) is 7.21. The van der Waals surface area contributed by atoms with Crippen LogP contribution in [0.15, 0.2) is 24.3 Å². The van der Waals surface area contributed by atoms with Crippen LogP contribution < -0.4 is 10.6 Å². The Morgan fingerprint density at radius 2 is 1.77 bits per heavy atom. The lowest BCUT2D eigenvalue weighted by atomic mass is 9.85. The summed E-state index contributed by atoms with van der Waals surface area (Å²) in [6.45, 7) is 6.31. The van der Waals surface area contributed by atoms with Crippen molar-refractivity contribution in [1.82, 2.24) is 10.6 Å². The molecule has 0 aliphatic carbocycles. The molecule has 1 rings (SSSR count). The van der Waals surface area contributed by atoms with Crippen molar-refractivity contribution in [2.75, 3.05) is 6.61 Å². The third kappa shape index (κ3) is 5.73. The number of hydrogen-bond donors (Lipinski definition) is 4. The number of urea groups is 1. The average Bonchev–Trinajstić information content (AvgIpc) is 2.44. The van der Waals surface area contributed by atoms with E-state index in [0.29, 0.717) is 13.0 Å². The first-order valence-corrected chi connectivity index (χ1v) is 7.21. The molecule has 4 N–H and O–H groups in total. The summed E-state index contributed by atoms with van der Waals surface area (Å²) in [7, 11) is 0. The van der Waals surface area contributed by atoms with E-state index in [1.165, 1.54) is 12.1 Å². The predicted molar refractivity (Wildman–Crippen MR) is 83.7 cm³/mol. The zero-order valence-corrected chi connectivity index (χ0v) is 13.2. The summed E-state index contributed by atoms with van der Waals surface area (Å²) in [5.74, 6) is -0.978. The van der Waals surface area contributed by atoms with Crippen molar-refractivity contribution in [2.24, 2.45) is 5.41 Å². The summed E-state index contributed by atoms with van der Waals surface area (Å²) in [6.07, 6.45) is 0.490. The number of carboxylic acid groups (broad SMARTS) is 1. The minimum absolute atomic E-state index is 0.0128. The van der Waals surface area contributed by atoms with Crippen molar-refractivity contribution in [1.29, 1.82) is 0 Å². The molecule has 0 saturated heterocycles. The van der Waals surface area contributed by atoms with E-state index < -0.39 is 5.97 Å². The van der Waals surface area contributed by atoms with E-state index in [-0.39, 0.29) is 29.7 Å². The Hall–Kier alpha value is -2.08. The second-order valence-corrected chi connectivity index (χ2v) is 6.26. The minimum atomic E-state index is -0.978. The maximum absolute atomic E-state index is 11.9. The number of carbonyl (C=O) groups excluding carboxylic acids is 1. The van der Waals surface area contributed by atoms with E-state index in [0.717, 1.165) is 5.56 Å². The lowest BCUT2D eigenvalue weighted by molar-refractivity contribution is 0.0697. The van der Waals surface area contributed by atoms with Crippen molar-refractivity contribution < 1.29 is 19.8 Å². The Bertz CT molecular complexity index is 506. The number of carbonyl (C=O) groups is 2. The highest BCUT2D eigenvalue weighted by Gasteiger charge is 2.25. The molecule has 6 nitrogen and oxygen atoms in total. The topological polar surface area (TPSA) is 98.7 Å². The summed E-state index contributed by atoms with van der Waals surface area (Å²) in [6, 6.07) is 5.89. The molecule has 0 aliphatic heterocycles. The number of hydrogen-bond acceptors (Lipinski definition) is 3. The average molecular weight is 308 g/mol. The molecule has 0 spiro atoms. The Morgan fingerprint density at radius 3 is 2.23 bits per heavy atom. The van der Waals surface area contributed by atoms with Gasteiger partial charge in [0.2, 0.25) is 0 Å². The van der Waals surface area contributed by atoms with Gasteiger partial charge in [0.05, 0.1) is 5.56 Å². The second-order valence-electron chi connectivity index (χ2n) is 6.26. The second kappa shape index (κ2) is 7.79. The quantitative estimate of drug-likeness (QED) is 0.646. The smallest absolute Gasteiger partial charge is 0.335 e. The zero-order valence-electron chi connectivity index (χ0n) is 13.2. The van der Waals surface area contributed by atoms with Gasteiger partial charge in [-0.2, -0.15) is 0 Å². The van der Waals surface area contributed by atoms with Crippen LogP contribution in [0.3, 0.4) is 0 Å². The fraction of sp³-hybridized carbons (Fsp3) is 0.500. The van der Waals surface area contributed by atoms with Crippen LogP contribution in [0.1, 0.15) is 43.1 Å². The summed E-state index contributed by atoms with van der Waals surface area (Å²) in [4.78, 5) is 22.7. The van der Waals surface area contributed by atoms with Gasteiger partial charge in [0.15, 0.2) is 0 Å². The molecular weight excluding hydrogens is 284 g/mol. The van der Waals surface area contributed by atoms with Gasteiger partial charge in [-0.15, -0.1) is 0 Å². The van der Waals surface area contributed by atoms with E-state index in [1.807, 2.05) is 20.8 Å². The molecular formula is C16H24N2O4.